The summed E-state index contributed by atoms with van der Waals surface area (Å²) in [4.78, 5) is 0. The molecule has 10 heavy (non-hydrogen) atoms. The Balaban J connectivity index is 0.000000236. The Kier molecular flexibility index (Phi) is 10.5. The summed E-state index contributed by atoms with van der Waals surface area (Å²) in [7, 11) is 0.0650. The van der Waals surface area contributed by atoms with Crippen molar-refractivity contribution in [2.24, 2.45) is 0 Å². The van der Waals surface area contributed by atoms with Crippen LogP contribution in [0.2, 0.25) is 0 Å². The molecule has 0 fully saturated rings. The van der Waals surface area contributed by atoms with Crippen molar-refractivity contribution >= 4 is 55.4 Å². The Morgan fingerprint density at radius 2 is 1.70 bits per heavy atom. The molecule has 0 aliphatic heterocycles. The van der Waals surface area contributed by atoms with Crippen molar-refractivity contribution in [2.75, 3.05) is 0 Å². The monoisotopic (exact) mass is 473 g/mol. The van der Waals surface area contributed by atoms with Crippen LogP contribution in [0.3, 0.4) is 0 Å². The SMILES string of the molecule is Brc1cc[c]cc1.[I][Zn][I]. The minimum atomic E-state index is 0.0650. The fourth-order valence-corrected chi connectivity index (χ4v) is 0.631. The first-order valence-corrected chi connectivity index (χ1v) is 21.4. The zero-order chi connectivity index (χ0) is 7.82. The maximum atomic E-state index is 3.29. The van der Waals surface area contributed by atoms with Gasteiger partial charge in [-0.25, -0.2) is 0 Å². The van der Waals surface area contributed by atoms with Gasteiger partial charge in [0.1, 0.15) is 0 Å². The summed E-state index contributed by atoms with van der Waals surface area (Å²) < 4.78 is 1.10. The fourth-order valence-electron chi connectivity index (χ4n) is 0.367. The van der Waals surface area contributed by atoms with Crippen molar-refractivity contribution < 1.29 is 10.1 Å². The topological polar surface area (TPSA) is 0 Å². The van der Waals surface area contributed by atoms with Crippen LogP contribution in [-0.2, 0) is 10.1 Å². The van der Waals surface area contributed by atoms with E-state index in [9.17, 15) is 0 Å². The van der Waals surface area contributed by atoms with Crippen molar-refractivity contribution in [3.05, 3.63) is 34.8 Å². The van der Waals surface area contributed by atoms with Gasteiger partial charge >= 0.3 is 49.6 Å². The number of hydrogen-bond donors (Lipinski definition) is 0. The van der Waals surface area contributed by atoms with Gasteiger partial charge in [-0.2, -0.15) is 0 Å². The van der Waals surface area contributed by atoms with Crippen LogP contribution in [0.25, 0.3) is 0 Å². The second kappa shape index (κ2) is 8.88. The number of halogens is 3. The molecular formula is C6H4BrI2Zn. The molecule has 0 aliphatic rings. The van der Waals surface area contributed by atoms with E-state index in [1.54, 1.807) is 0 Å². The summed E-state index contributed by atoms with van der Waals surface area (Å²) in [5.74, 6) is 0. The van der Waals surface area contributed by atoms with Gasteiger partial charge in [-0.15, -0.1) is 0 Å². The third kappa shape index (κ3) is 7.89. The standard InChI is InChI=1S/C6H4Br.2HI.Zn/c7-6-4-2-1-3-5-6;;;/h2-5H;2*1H;/q;;;+2/p-2. The zero-order valence-electron chi connectivity index (χ0n) is 5.15. The molecule has 0 saturated carbocycles. The number of benzene rings is 1. The van der Waals surface area contributed by atoms with Crippen molar-refractivity contribution in [1.29, 1.82) is 0 Å². The van der Waals surface area contributed by atoms with E-state index in [4.69, 9.17) is 0 Å². The molecular weight excluding hydrogens is 471 g/mol. The molecule has 1 aromatic rings. The van der Waals surface area contributed by atoms with Gasteiger partial charge in [0.25, 0.3) is 0 Å². The molecule has 0 heterocycles. The van der Waals surface area contributed by atoms with Gasteiger partial charge in [0.05, 0.1) is 0 Å². The molecule has 0 N–H and O–H groups in total. The summed E-state index contributed by atoms with van der Waals surface area (Å²) in [6.45, 7) is 0. The summed E-state index contributed by atoms with van der Waals surface area (Å²) in [6, 6.07) is 10.5. The molecule has 51 valence electrons. The molecule has 0 saturated heterocycles. The van der Waals surface area contributed by atoms with E-state index in [2.05, 4.69) is 61.5 Å². The summed E-state index contributed by atoms with van der Waals surface area (Å²) in [5, 5.41) is 0. The molecule has 0 amide bonds. The molecule has 1 radical (unpaired) electrons. The van der Waals surface area contributed by atoms with Gasteiger partial charge in [0, 0.05) is 4.47 Å². The van der Waals surface area contributed by atoms with Crippen LogP contribution >= 0.6 is 55.4 Å². The molecule has 0 aliphatic carbocycles. The van der Waals surface area contributed by atoms with E-state index in [1.807, 2.05) is 24.3 Å². The van der Waals surface area contributed by atoms with Crippen LogP contribution in [0.4, 0.5) is 0 Å². The van der Waals surface area contributed by atoms with Crippen LogP contribution in [0, 0.1) is 6.07 Å². The van der Waals surface area contributed by atoms with Crippen LogP contribution in [0.1, 0.15) is 0 Å². The van der Waals surface area contributed by atoms with Crippen LogP contribution < -0.4 is 0 Å². The van der Waals surface area contributed by atoms with E-state index in [-0.39, 0.29) is 10.1 Å². The Bertz CT molecular complexity index is 157. The zero-order valence-corrected chi connectivity index (χ0v) is 14.0. The van der Waals surface area contributed by atoms with Gasteiger partial charge in [-0.3, -0.25) is 0 Å². The van der Waals surface area contributed by atoms with Crippen molar-refractivity contribution in [3.63, 3.8) is 0 Å². The molecule has 0 nitrogen and oxygen atoms in total. The van der Waals surface area contributed by atoms with Gasteiger partial charge in [-0.05, 0) is 18.2 Å². The first-order valence-electron chi connectivity index (χ1n) is 2.54. The first-order chi connectivity index (χ1) is 4.81. The van der Waals surface area contributed by atoms with E-state index in [0.717, 1.165) is 4.47 Å². The molecule has 1 rings (SSSR count). The van der Waals surface area contributed by atoms with Crippen LogP contribution in [-0.4, -0.2) is 0 Å². The summed E-state index contributed by atoms with van der Waals surface area (Å²) >= 11 is 8.22. The van der Waals surface area contributed by atoms with Crippen molar-refractivity contribution in [1.82, 2.24) is 0 Å². The van der Waals surface area contributed by atoms with E-state index < -0.39 is 0 Å². The fraction of sp³-hybridized carbons (Fsp3) is 0. The molecule has 4 heteroatoms. The average Bonchev–Trinajstić information content (AvgIpc) is 1.91. The van der Waals surface area contributed by atoms with E-state index in [0.29, 0.717) is 0 Å². The number of rotatable bonds is 0. The Hall–Kier alpha value is 1.78. The third-order valence-corrected chi connectivity index (χ3v) is 1.21. The number of hydrogen-bond acceptors (Lipinski definition) is 0. The molecule has 0 atom stereocenters. The van der Waals surface area contributed by atoms with E-state index >= 15 is 0 Å². The maximum absolute atomic E-state index is 3.29. The third-order valence-electron chi connectivity index (χ3n) is 0.678. The quantitative estimate of drug-likeness (QED) is 0.393. The molecule has 0 bridgehead atoms. The minimum absolute atomic E-state index is 0.0650. The molecule has 0 unspecified atom stereocenters. The predicted molar refractivity (Wildman–Crippen MR) is 61.0 cm³/mol. The second-order valence-corrected chi connectivity index (χ2v) is 25.8. The molecule has 0 aromatic heterocycles. The van der Waals surface area contributed by atoms with Crippen molar-refractivity contribution in [3.8, 4) is 0 Å². The van der Waals surface area contributed by atoms with Gasteiger partial charge in [0.15, 0.2) is 0 Å². The second-order valence-electron chi connectivity index (χ2n) is 1.32. The first kappa shape index (κ1) is 11.8. The van der Waals surface area contributed by atoms with Gasteiger partial charge in [-0.1, -0.05) is 28.1 Å². The van der Waals surface area contributed by atoms with Gasteiger partial charge in [0.2, 0.25) is 0 Å². The Morgan fingerprint density at radius 3 is 1.90 bits per heavy atom. The summed E-state index contributed by atoms with van der Waals surface area (Å²) in [6.07, 6.45) is 0. The van der Waals surface area contributed by atoms with Crippen LogP contribution in [0.15, 0.2) is 28.7 Å². The molecule has 0 spiro atoms. The van der Waals surface area contributed by atoms with E-state index in [1.165, 1.54) is 0 Å². The normalized spacial score (nSPS) is 7.10. The average molecular weight is 475 g/mol. The van der Waals surface area contributed by atoms with Crippen LogP contribution in [0.5, 0.6) is 0 Å². The molecule has 1 aromatic carbocycles. The Labute approximate surface area is 98.6 Å². The summed E-state index contributed by atoms with van der Waals surface area (Å²) in [5.41, 5.74) is 0. The van der Waals surface area contributed by atoms with Gasteiger partial charge < -0.3 is 0 Å². The predicted octanol–water partition coefficient (Wildman–Crippen LogP) is 4.02. The van der Waals surface area contributed by atoms with Crippen molar-refractivity contribution in [2.45, 2.75) is 0 Å². The Morgan fingerprint density at radius 1 is 1.30 bits per heavy atom.